The van der Waals surface area contributed by atoms with Crippen LogP contribution in [0, 0.1) is 0 Å². The largest absolute Gasteiger partial charge is 0.486 e. The summed E-state index contributed by atoms with van der Waals surface area (Å²) in [6, 6.07) is 6.88. The fourth-order valence-electron chi connectivity index (χ4n) is 2.29. The summed E-state index contributed by atoms with van der Waals surface area (Å²) in [6.07, 6.45) is 3.22. The molecule has 3 rings (SSSR count). The first-order valence-electron chi connectivity index (χ1n) is 6.63. The summed E-state index contributed by atoms with van der Waals surface area (Å²) in [6.45, 7) is 1.42. The number of rotatable bonds is 5. The molecule has 1 aromatic carbocycles. The minimum absolute atomic E-state index is 0.193. The van der Waals surface area contributed by atoms with Gasteiger partial charge in [0, 0.05) is 18.7 Å². The molecule has 0 unspecified atom stereocenters. The van der Waals surface area contributed by atoms with Crippen molar-refractivity contribution in [3.05, 3.63) is 23.8 Å². The third-order valence-electron chi connectivity index (χ3n) is 3.40. The summed E-state index contributed by atoms with van der Waals surface area (Å²) in [4.78, 5) is 0. The Bertz CT molecular complexity index is 418. The van der Waals surface area contributed by atoms with Crippen molar-refractivity contribution in [3.63, 3.8) is 0 Å². The number of fused-ring (bicyclic) bond motifs is 1. The molecule has 0 saturated heterocycles. The van der Waals surface area contributed by atoms with Crippen molar-refractivity contribution < 1.29 is 14.6 Å². The number of nitrogens with one attached hydrogen (secondary N) is 1. The first-order valence-corrected chi connectivity index (χ1v) is 6.63. The fourth-order valence-corrected chi connectivity index (χ4v) is 2.29. The summed E-state index contributed by atoms with van der Waals surface area (Å²) < 4.78 is 11.1. The lowest BCUT2D eigenvalue weighted by atomic mass is 10.0. The van der Waals surface area contributed by atoms with E-state index in [0.717, 1.165) is 17.9 Å². The van der Waals surface area contributed by atoms with Crippen LogP contribution in [0.1, 0.15) is 30.9 Å². The normalized spacial score (nSPS) is 19.6. The van der Waals surface area contributed by atoms with E-state index in [4.69, 9.17) is 9.47 Å². The summed E-state index contributed by atoms with van der Waals surface area (Å²) in [5.74, 6) is 1.64. The maximum atomic E-state index is 9.17. The van der Waals surface area contributed by atoms with Crippen LogP contribution in [0.25, 0.3) is 0 Å². The van der Waals surface area contributed by atoms with Gasteiger partial charge in [-0.15, -0.1) is 0 Å². The molecule has 0 radical (unpaired) electrons. The van der Waals surface area contributed by atoms with Crippen LogP contribution in [-0.2, 0) is 0 Å². The van der Waals surface area contributed by atoms with Crippen LogP contribution in [-0.4, -0.2) is 31.0 Å². The van der Waals surface area contributed by atoms with Crippen LogP contribution < -0.4 is 14.8 Å². The van der Waals surface area contributed by atoms with Gasteiger partial charge in [0.1, 0.15) is 13.2 Å². The van der Waals surface area contributed by atoms with Gasteiger partial charge in [-0.3, -0.25) is 0 Å². The average molecular weight is 249 g/mol. The van der Waals surface area contributed by atoms with Crippen molar-refractivity contribution in [3.8, 4) is 11.5 Å². The lowest BCUT2D eigenvalue weighted by Gasteiger charge is -2.22. The van der Waals surface area contributed by atoms with Gasteiger partial charge in [-0.1, -0.05) is 6.07 Å². The number of aliphatic hydroxyl groups is 1. The van der Waals surface area contributed by atoms with E-state index in [2.05, 4.69) is 11.4 Å². The van der Waals surface area contributed by atoms with Crippen LogP contribution in [0.5, 0.6) is 11.5 Å². The molecule has 1 aliphatic carbocycles. The third kappa shape index (κ3) is 2.60. The fraction of sp³-hybridized carbons (Fsp3) is 0.571. The molecule has 0 spiro atoms. The molecule has 98 valence electrons. The summed E-state index contributed by atoms with van der Waals surface area (Å²) in [5.41, 5.74) is 1.17. The minimum atomic E-state index is 0.193. The Kier molecular flexibility index (Phi) is 3.39. The lowest BCUT2D eigenvalue weighted by molar-refractivity contribution is 0.171. The molecule has 0 aromatic heterocycles. The third-order valence-corrected chi connectivity index (χ3v) is 3.40. The second kappa shape index (κ2) is 5.16. The molecule has 4 heteroatoms. The molecule has 1 heterocycles. The number of benzene rings is 1. The SMILES string of the molecule is OCC[C@H](NC1CC1)c1ccc2c(c1)OCCO2. The smallest absolute Gasteiger partial charge is 0.161 e. The number of hydrogen-bond acceptors (Lipinski definition) is 4. The predicted octanol–water partition coefficient (Wildman–Crippen LogP) is 1.63. The zero-order chi connectivity index (χ0) is 12.4. The van der Waals surface area contributed by atoms with Crippen molar-refractivity contribution in [2.75, 3.05) is 19.8 Å². The number of ether oxygens (including phenoxy) is 2. The number of aliphatic hydroxyl groups excluding tert-OH is 1. The highest BCUT2D eigenvalue weighted by atomic mass is 16.6. The maximum Gasteiger partial charge on any atom is 0.161 e. The molecule has 2 aliphatic rings. The Morgan fingerprint density at radius 2 is 2.00 bits per heavy atom. The van der Waals surface area contributed by atoms with Gasteiger partial charge in [0.25, 0.3) is 0 Å². The van der Waals surface area contributed by atoms with E-state index in [0.29, 0.717) is 19.3 Å². The molecule has 0 bridgehead atoms. The zero-order valence-corrected chi connectivity index (χ0v) is 10.4. The first kappa shape index (κ1) is 11.8. The van der Waals surface area contributed by atoms with Gasteiger partial charge in [0.2, 0.25) is 0 Å². The Labute approximate surface area is 107 Å². The van der Waals surface area contributed by atoms with Crippen molar-refractivity contribution in [2.24, 2.45) is 0 Å². The molecule has 1 fully saturated rings. The van der Waals surface area contributed by atoms with E-state index in [1.165, 1.54) is 18.4 Å². The second-order valence-corrected chi connectivity index (χ2v) is 4.91. The monoisotopic (exact) mass is 249 g/mol. The summed E-state index contributed by atoms with van der Waals surface area (Å²) in [7, 11) is 0. The van der Waals surface area contributed by atoms with Crippen LogP contribution >= 0.6 is 0 Å². The Hall–Kier alpha value is -1.26. The molecule has 18 heavy (non-hydrogen) atoms. The van der Waals surface area contributed by atoms with Crippen molar-refractivity contribution in [1.29, 1.82) is 0 Å². The van der Waals surface area contributed by atoms with Gasteiger partial charge in [-0.05, 0) is 37.0 Å². The van der Waals surface area contributed by atoms with E-state index < -0.39 is 0 Å². The van der Waals surface area contributed by atoms with Crippen LogP contribution in [0.2, 0.25) is 0 Å². The highest BCUT2D eigenvalue weighted by Gasteiger charge is 2.25. The topological polar surface area (TPSA) is 50.7 Å². The van der Waals surface area contributed by atoms with E-state index >= 15 is 0 Å². The predicted molar refractivity (Wildman–Crippen MR) is 68.0 cm³/mol. The molecule has 1 atom stereocenters. The highest BCUT2D eigenvalue weighted by molar-refractivity contribution is 5.44. The minimum Gasteiger partial charge on any atom is -0.486 e. The summed E-state index contributed by atoms with van der Waals surface area (Å²) >= 11 is 0. The Morgan fingerprint density at radius 1 is 1.22 bits per heavy atom. The van der Waals surface area contributed by atoms with E-state index in [1.807, 2.05) is 12.1 Å². The van der Waals surface area contributed by atoms with Gasteiger partial charge in [-0.25, -0.2) is 0 Å². The molecule has 1 aliphatic heterocycles. The van der Waals surface area contributed by atoms with E-state index in [-0.39, 0.29) is 12.6 Å². The Morgan fingerprint density at radius 3 is 2.72 bits per heavy atom. The quantitative estimate of drug-likeness (QED) is 0.833. The standard InChI is InChI=1S/C14H19NO3/c16-6-5-12(15-11-2-3-11)10-1-4-13-14(9-10)18-8-7-17-13/h1,4,9,11-12,15-16H,2-3,5-8H2/t12-/m0/s1. The van der Waals surface area contributed by atoms with Crippen molar-refractivity contribution in [2.45, 2.75) is 31.3 Å². The molecular weight excluding hydrogens is 230 g/mol. The van der Waals surface area contributed by atoms with Crippen LogP contribution in [0.3, 0.4) is 0 Å². The molecule has 1 saturated carbocycles. The lowest BCUT2D eigenvalue weighted by Crippen LogP contribution is -2.24. The highest BCUT2D eigenvalue weighted by Crippen LogP contribution is 2.34. The van der Waals surface area contributed by atoms with Gasteiger partial charge in [0.05, 0.1) is 0 Å². The van der Waals surface area contributed by atoms with Crippen molar-refractivity contribution >= 4 is 0 Å². The van der Waals surface area contributed by atoms with Crippen molar-refractivity contribution in [1.82, 2.24) is 5.32 Å². The molecule has 2 N–H and O–H groups in total. The maximum absolute atomic E-state index is 9.17. The van der Waals surface area contributed by atoms with Crippen LogP contribution in [0.15, 0.2) is 18.2 Å². The van der Waals surface area contributed by atoms with Gasteiger partial charge >= 0.3 is 0 Å². The van der Waals surface area contributed by atoms with E-state index in [1.54, 1.807) is 0 Å². The molecular formula is C14H19NO3. The second-order valence-electron chi connectivity index (χ2n) is 4.91. The average Bonchev–Trinajstić information content (AvgIpc) is 3.22. The van der Waals surface area contributed by atoms with Gasteiger partial charge < -0.3 is 19.9 Å². The molecule has 4 nitrogen and oxygen atoms in total. The zero-order valence-electron chi connectivity index (χ0n) is 10.4. The summed E-state index contributed by atoms with van der Waals surface area (Å²) in [5, 5.41) is 12.7. The Balaban J connectivity index is 1.79. The molecule has 0 amide bonds. The van der Waals surface area contributed by atoms with Gasteiger partial charge in [0.15, 0.2) is 11.5 Å². The van der Waals surface area contributed by atoms with Crippen LogP contribution in [0.4, 0.5) is 0 Å². The first-order chi connectivity index (χ1) is 8.86. The van der Waals surface area contributed by atoms with E-state index in [9.17, 15) is 5.11 Å². The van der Waals surface area contributed by atoms with Gasteiger partial charge in [-0.2, -0.15) is 0 Å². The molecule has 1 aromatic rings. The number of hydrogen-bond donors (Lipinski definition) is 2.